The molecule has 0 N–H and O–H groups in total. The van der Waals surface area contributed by atoms with Gasteiger partial charge >= 0.3 is 11.9 Å². The maximum absolute atomic E-state index is 13.6. The Morgan fingerprint density at radius 2 is 1.94 bits per heavy atom. The number of hydrogen-bond acceptors (Lipinski definition) is 6. The molecule has 3 unspecified atom stereocenters. The summed E-state index contributed by atoms with van der Waals surface area (Å²) in [6, 6.07) is 6.72. The molecule has 1 aromatic rings. The van der Waals surface area contributed by atoms with Gasteiger partial charge in [0, 0.05) is 17.2 Å². The highest BCUT2D eigenvalue weighted by atomic mass is 16.6. The normalized spacial score (nSPS) is 27.8. The lowest BCUT2D eigenvalue weighted by atomic mass is 9.77. The first-order valence-electron chi connectivity index (χ1n) is 11.7. The molecule has 1 aliphatic heterocycles. The minimum absolute atomic E-state index is 0.145. The number of benzene rings is 1. The maximum atomic E-state index is 13.6. The first-order valence-corrected chi connectivity index (χ1v) is 11.7. The molecule has 0 spiro atoms. The maximum Gasteiger partial charge on any atom is 0.332 e. The Morgan fingerprint density at radius 3 is 2.59 bits per heavy atom. The van der Waals surface area contributed by atoms with E-state index in [0.717, 1.165) is 30.5 Å². The quantitative estimate of drug-likeness (QED) is 0.602. The summed E-state index contributed by atoms with van der Waals surface area (Å²) in [6.07, 6.45) is 4.09. The first-order chi connectivity index (χ1) is 15.1. The predicted molar refractivity (Wildman–Crippen MR) is 124 cm³/mol. The zero-order valence-electron chi connectivity index (χ0n) is 20.2. The third-order valence-corrected chi connectivity index (χ3v) is 6.46. The van der Waals surface area contributed by atoms with Crippen LogP contribution in [0, 0.1) is 17.8 Å². The number of aliphatic imine (C=N–C) groups is 1. The van der Waals surface area contributed by atoms with E-state index < -0.39 is 35.4 Å². The van der Waals surface area contributed by atoms with Crippen molar-refractivity contribution in [2.75, 3.05) is 13.7 Å². The van der Waals surface area contributed by atoms with E-state index in [9.17, 15) is 9.59 Å². The fourth-order valence-corrected chi connectivity index (χ4v) is 4.84. The molecule has 1 aromatic carbocycles. The van der Waals surface area contributed by atoms with E-state index in [4.69, 9.17) is 19.2 Å². The summed E-state index contributed by atoms with van der Waals surface area (Å²) < 4.78 is 16.8. The van der Waals surface area contributed by atoms with Crippen LogP contribution in [0.4, 0.5) is 0 Å². The summed E-state index contributed by atoms with van der Waals surface area (Å²) in [5, 5.41) is 0. The fourth-order valence-electron chi connectivity index (χ4n) is 4.84. The lowest BCUT2D eigenvalue weighted by molar-refractivity contribution is -0.158. The Bertz CT molecular complexity index is 856. The van der Waals surface area contributed by atoms with Gasteiger partial charge in [-0.3, -0.25) is 9.79 Å². The molecule has 176 valence electrons. The SMILES string of the molecule is CCC1CCC(C)C/C1=N/[C@H](C(=O)OC(C)(C)C)C1c2ccccc2OC[C@H]1C(=O)OC. The summed E-state index contributed by atoms with van der Waals surface area (Å²) in [5.74, 6) is -0.411. The number of ether oxygens (including phenoxy) is 3. The number of esters is 2. The third kappa shape index (κ3) is 5.51. The van der Waals surface area contributed by atoms with Gasteiger partial charge in [-0.2, -0.15) is 0 Å². The van der Waals surface area contributed by atoms with Gasteiger partial charge in [-0.15, -0.1) is 0 Å². The number of hydrogen-bond donors (Lipinski definition) is 0. The van der Waals surface area contributed by atoms with Crippen molar-refractivity contribution in [2.24, 2.45) is 22.7 Å². The first kappa shape index (κ1) is 24.3. The van der Waals surface area contributed by atoms with E-state index in [1.54, 1.807) is 0 Å². The molecule has 0 radical (unpaired) electrons. The van der Waals surface area contributed by atoms with Gasteiger partial charge in [-0.05, 0) is 64.4 Å². The van der Waals surface area contributed by atoms with Crippen molar-refractivity contribution in [1.29, 1.82) is 0 Å². The molecular weight excluding hydrogens is 406 g/mol. The van der Waals surface area contributed by atoms with Crippen molar-refractivity contribution < 1.29 is 23.8 Å². The molecule has 32 heavy (non-hydrogen) atoms. The lowest BCUT2D eigenvalue weighted by Crippen LogP contribution is -2.44. The Hall–Kier alpha value is -2.37. The highest BCUT2D eigenvalue weighted by molar-refractivity contribution is 5.91. The topological polar surface area (TPSA) is 74.2 Å². The zero-order chi connectivity index (χ0) is 23.5. The van der Waals surface area contributed by atoms with Gasteiger partial charge < -0.3 is 14.2 Å². The fraction of sp³-hybridized carbons (Fsp3) is 0.654. The van der Waals surface area contributed by atoms with Crippen LogP contribution in [0.25, 0.3) is 0 Å². The monoisotopic (exact) mass is 443 g/mol. The van der Waals surface area contributed by atoms with Crippen molar-refractivity contribution in [3.63, 3.8) is 0 Å². The molecule has 0 bridgehead atoms. The van der Waals surface area contributed by atoms with Crippen LogP contribution in [0.1, 0.15) is 71.8 Å². The van der Waals surface area contributed by atoms with Crippen LogP contribution in [0.2, 0.25) is 0 Å². The molecule has 2 aliphatic rings. The molecule has 3 rings (SSSR count). The van der Waals surface area contributed by atoms with Crippen LogP contribution in [-0.4, -0.2) is 43.0 Å². The number of para-hydroxylation sites is 1. The minimum Gasteiger partial charge on any atom is -0.492 e. The summed E-state index contributed by atoms with van der Waals surface area (Å²) in [6.45, 7) is 10.1. The van der Waals surface area contributed by atoms with Gasteiger partial charge in [0.1, 0.15) is 23.9 Å². The van der Waals surface area contributed by atoms with Crippen LogP contribution in [0.15, 0.2) is 29.3 Å². The summed E-state index contributed by atoms with van der Waals surface area (Å²) in [5.41, 5.74) is 1.20. The second-order valence-electron chi connectivity index (χ2n) is 10.1. The molecule has 1 saturated carbocycles. The van der Waals surface area contributed by atoms with E-state index in [-0.39, 0.29) is 6.61 Å². The van der Waals surface area contributed by atoms with Gasteiger partial charge in [0.05, 0.1) is 7.11 Å². The largest absolute Gasteiger partial charge is 0.492 e. The van der Waals surface area contributed by atoms with Crippen LogP contribution in [0.3, 0.4) is 0 Å². The van der Waals surface area contributed by atoms with Crippen molar-refractivity contribution in [1.82, 2.24) is 0 Å². The molecule has 0 amide bonds. The molecule has 6 heteroatoms. The average Bonchev–Trinajstić information content (AvgIpc) is 2.75. The van der Waals surface area contributed by atoms with Crippen molar-refractivity contribution >= 4 is 17.7 Å². The molecular formula is C26H37NO5. The summed E-state index contributed by atoms with van der Waals surface area (Å²) in [4.78, 5) is 31.4. The number of carbonyl (C=O) groups is 2. The van der Waals surface area contributed by atoms with Gasteiger partial charge in [-0.1, -0.05) is 32.0 Å². The highest BCUT2D eigenvalue weighted by Crippen LogP contribution is 2.42. The molecule has 1 heterocycles. The second-order valence-corrected chi connectivity index (χ2v) is 10.1. The average molecular weight is 444 g/mol. The van der Waals surface area contributed by atoms with Crippen molar-refractivity contribution in [3.8, 4) is 5.75 Å². The van der Waals surface area contributed by atoms with E-state index in [1.165, 1.54) is 13.5 Å². The van der Waals surface area contributed by atoms with Gasteiger partial charge in [-0.25, -0.2) is 4.79 Å². The van der Waals surface area contributed by atoms with Crippen LogP contribution >= 0.6 is 0 Å². The zero-order valence-corrected chi connectivity index (χ0v) is 20.2. The molecule has 0 saturated heterocycles. The number of nitrogens with zero attached hydrogens (tertiary/aromatic N) is 1. The van der Waals surface area contributed by atoms with E-state index in [1.807, 2.05) is 45.0 Å². The highest BCUT2D eigenvalue weighted by Gasteiger charge is 2.46. The number of fused-ring (bicyclic) bond motifs is 1. The minimum atomic E-state index is -0.835. The van der Waals surface area contributed by atoms with E-state index >= 15 is 0 Å². The molecule has 5 atom stereocenters. The van der Waals surface area contributed by atoms with Gasteiger partial charge in [0.15, 0.2) is 6.04 Å². The number of carbonyl (C=O) groups excluding carboxylic acids is 2. The number of rotatable bonds is 5. The number of methoxy groups -OCH3 is 1. The second kappa shape index (κ2) is 10.1. The van der Waals surface area contributed by atoms with Crippen molar-refractivity contribution in [3.05, 3.63) is 29.8 Å². The molecule has 1 aliphatic carbocycles. The smallest absolute Gasteiger partial charge is 0.332 e. The van der Waals surface area contributed by atoms with E-state index in [2.05, 4.69) is 13.8 Å². The Balaban J connectivity index is 2.12. The Kier molecular flexibility index (Phi) is 7.63. The van der Waals surface area contributed by atoms with Gasteiger partial charge in [0.2, 0.25) is 0 Å². The molecule has 6 nitrogen and oxygen atoms in total. The Morgan fingerprint density at radius 1 is 1.22 bits per heavy atom. The van der Waals surface area contributed by atoms with E-state index in [0.29, 0.717) is 17.6 Å². The molecule has 1 fully saturated rings. The predicted octanol–water partition coefficient (Wildman–Crippen LogP) is 4.95. The van der Waals surface area contributed by atoms with Crippen LogP contribution in [0.5, 0.6) is 5.75 Å². The molecule has 0 aromatic heterocycles. The lowest BCUT2D eigenvalue weighted by Gasteiger charge is -2.37. The summed E-state index contributed by atoms with van der Waals surface area (Å²) >= 11 is 0. The van der Waals surface area contributed by atoms with Gasteiger partial charge in [0.25, 0.3) is 0 Å². The Labute approximate surface area is 191 Å². The van der Waals surface area contributed by atoms with Crippen LogP contribution < -0.4 is 4.74 Å². The third-order valence-electron chi connectivity index (χ3n) is 6.46. The van der Waals surface area contributed by atoms with Crippen LogP contribution in [-0.2, 0) is 19.1 Å². The van der Waals surface area contributed by atoms with Crippen molar-refractivity contribution in [2.45, 2.75) is 77.9 Å². The standard InChI is InChI=1S/C26H37NO5/c1-7-17-13-12-16(2)14-20(17)27-23(25(29)32-26(3,4)5)22-18-10-8-9-11-21(18)31-15-19(22)24(28)30-6/h8-11,16-17,19,22-23H,7,12-15H2,1-6H3/b27-20-/t16?,17?,19-,22?,23+/m1/s1. The summed E-state index contributed by atoms with van der Waals surface area (Å²) in [7, 11) is 1.37.